The number of hydrogen-bond donors (Lipinski definition) is 1. The Labute approximate surface area is 120 Å². The number of carbonyl (C=O) groups excluding carboxylic acids is 1. The second-order valence-corrected chi connectivity index (χ2v) is 5.94. The Hall–Kier alpha value is -1.20. The number of hydrogen-bond acceptors (Lipinski definition) is 3. The number of halogens is 1. The van der Waals surface area contributed by atoms with Gasteiger partial charge in [-0.25, -0.2) is 4.98 Å². The lowest BCUT2D eigenvalue weighted by Gasteiger charge is -2.21. The number of nitrogens with one attached hydrogen (secondary N) is 1. The molecule has 5 heteroatoms. The van der Waals surface area contributed by atoms with E-state index < -0.39 is 0 Å². The molecule has 0 spiro atoms. The number of aldehydes is 1. The van der Waals surface area contributed by atoms with E-state index >= 15 is 0 Å². The second-order valence-electron chi connectivity index (χ2n) is 5.03. The van der Waals surface area contributed by atoms with Gasteiger partial charge in [0.05, 0.1) is 5.52 Å². The topological polar surface area (TPSA) is 46.4 Å². The van der Waals surface area contributed by atoms with Gasteiger partial charge in [0, 0.05) is 17.1 Å². The van der Waals surface area contributed by atoms with Gasteiger partial charge >= 0.3 is 0 Å². The van der Waals surface area contributed by atoms with Gasteiger partial charge in [-0.3, -0.25) is 4.79 Å². The fraction of sp³-hybridized carbons (Fsp3) is 0.429. The summed E-state index contributed by atoms with van der Waals surface area (Å²) in [6.07, 6.45) is 6.13. The minimum Gasteiger partial charge on any atom is -0.317 e. The summed E-state index contributed by atoms with van der Waals surface area (Å²) in [6.45, 7) is 2.17. The molecule has 1 saturated heterocycles. The highest BCUT2D eigenvalue weighted by Crippen LogP contribution is 2.22. The molecule has 1 fully saturated rings. The predicted octanol–water partition coefficient (Wildman–Crippen LogP) is 2.45. The van der Waals surface area contributed by atoms with Crippen molar-refractivity contribution in [2.75, 3.05) is 13.1 Å². The summed E-state index contributed by atoms with van der Waals surface area (Å²) >= 11 is 3.44. The summed E-state index contributed by atoms with van der Waals surface area (Å²) in [6, 6.07) is 3.93. The molecule has 0 atom stereocenters. The van der Waals surface area contributed by atoms with E-state index in [-0.39, 0.29) is 0 Å². The molecule has 0 bridgehead atoms. The van der Waals surface area contributed by atoms with Crippen LogP contribution in [0.4, 0.5) is 0 Å². The van der Waals surface area contributed by atoms with Crippen LogP contribution in [0.3, 0.4) is 0 Å². The van der Waals surface area contributed by atoms with E-state index in [1.165, 1.54) is 12.8 Å². The molecule has 0 amide bonds. The number of imidazole rings is 1. The molecule has 1 N–H and O–H groups in total. The Morgan fingerprint density at radius 2 is 2.26 bits per heavy atom. The molecule has 0 unspecified atom stereocenters. The zero-order chi connectivity index (χ0) is 13.2. The standard InChI is InChI=1S/C14H16BrN3O/c15-11-3-6-18-13(8-11)12(9-19)17-14(18)7-10-1-4-16-5-2-10/h3,6,8-10,16H,1-2,4-5,7H2. The minimum absolute atomic E-state index is 0.533. The summed E-state index contributed by atoms with van der Waals surface area (Å²) in [5, 5.41) is 3.37. The van der Waals surface area contributed by atoms with Crippen molar-refractivity contribution in [1.29, 1.82) is 0 Å². The van der Waals surface area contributed by atoms with E-state index in [2.05, 4.69) is 26.2 Å². The monoisotopic (exact) mass is 321 g/mol. The maximum Gasteiger partial charge on any atom is 0.170 e. The van der Waals surface area contributed by atoms with Crippen LogP contribution in [0.1, 0.15) is 29.2 Å². The lowest BCUT2D eigenvalue weighted by atomic mass is 9.94. The molecule has 0 radical (unpaired) electrons. The van der Waals surface area contributed by atoms with Crippen LogP contribution in [-0.4, -0.2) is 28.8 Å². The van der Waals surface area contributed by atoms with E-state index in [4.69, 9.17) is 0 Å². The van der Waals surface area contributed by atoms with Crippen LogP contribution in [0.25, 0.3) is 5.52 Å². The third-order valence-electron chi connectivity index (χ3n) is 3.75. The molecule has 100 valence electrons. The third-order valence-corrected chi connectivity index (χ3v) is 4.24. The van der Waals surface area contributed by atoms with Crippen molar-refractivity contribution in [3.8, 4) is 0 Å². The van der Waals surface area contributed by atoms with Crippen molar-refractivity contribution in [3.63, 3.8) is 0 Å². The van der Waals surface area contributed by atoms with Gasteiger partial charge in [-0.05, 0) is 44.0 Å². The first-order chi connectivity index (χ1) is 9.28. The summed E-state index contributed by atoms with van der Waals surface area (Å²) in [5.74, 6) is 1.66. The second kappa shape index (κ2) is 5.43. The Morgan fingerprint density at radius 3 is 3.00 bits per heavy atom. The Bertz CT molecular complexity index is 602. The van der Waals surface area contributed by atoms with Crippen LogP contribution in [0.5, 0.6) is 0 Å². The summed E-state index contributed by atoms with van der Waals surface area (Å²) in [4.78, 5) is 15.6. The van der Waals surface area contributed by atoms with E-state index in [1.54, 1.807) is 0 Å². The van der Waals surface area contributed by atoms with Crippen LogP contribution in [-0.2, 0) is 6.42 Å². The van der Waals surface area contributed by atoms with Gasteiger partial charge in [0.15, 0.2) is 6.29 Å². The molecule has 3 heterocycles. The molecule has 2 aromatic heterocycles. The van der Waals surface area contributed by atoms with Gasteiger partial charge in [0.1, 0.15) is 11.5 Å². The normalized spacial score (nSPS) is 16.9. The SMILES string of the molecule is O=Cc1nc(CC2CCNCC2)n2ccc(Br)cc12. The molecular weight excluding hydrogens is 306 g/mol. The van der Waals surface area contributed by atoms with Crippen LogP contribution >= 0.6 is 15.9 Å². The molecule has 0 saturated carbocycles. The molecule has 0 aromatic carbocycles. The van der Waals surface area contributed by atoms with Gasteiger partial charge in [0.2, 0.25) is 0 Å². The van der Waals surface area contributed by atoms with Crippen molar-refractivity contribution in [1.82, 2.24) is 14.7 Å². The summed E-state index contributed by atoms with van der Waals surface area (Å²) < 4.78 is 3.01. The number of pyridine rings is 1. The molecule has 0 aliphatic carbocycles. The zero-order valence-electron chi connectivity index (χ0n) is 10.6. The van der Waals surface area contributed by atoms with Crippen molar-refractivity contribution in [3.05, 3.63) is 34.3 Å². The first-order valence-electron chi connectivity index (χ1n) is 6.60. The number of aromatic nitrogens is 2. The quantitative estimate of drug-likeness (QED) is 0.883. The van der Waals surface area contributed by atoms with Crippen LogP contribution in [0, 0.1) is 5.92 Å². The van der Waals surface area contributed by atoms with Gasteiger partial charge in [-0.15, -0.1) is 0 Å². The number of rotatable bonds is 3. The van der Waals surface area contributed by atoms with Crippen LogP contribution < -0.4 is 5.32 Å². The summed E-state index contributed by atoms with van der Waals surface area (Å²) in [5.41, 5.74) is 1.42. The maximum absolute atomic E-state index is 11.1. The molecule has 3 rings (SSSR count). The Kier molecular flexibility index (Phi) is 3.66. The van der Waals surface area contributed by atoms with Crippen LogP contribution in [0.2, 0.25) is 0 Å². The van der Waals surface area contributed by atoms with Gasteiger partial charge in [-0.2, -0.15) is 0 Å². The average molecular weight is 322 g/mol. The Balaban J connectivity index is 1.96. The van der Waals surface area contributed by atoms with E-state index in [1.807, 2.05) is 22.7 Å². The molecule has 2 aromatic rings. The summed E-state index contributed by atoms with van der Waals surface area (Å²) in [7, 11) is 0. The maximum atomic E-state index is 11.1. The van der Waals surface area contributed by atoms with E-state index in [0.717, 1.165) is 41.6 Å². The van der Waals surface area contributed by atoms with Gasteiger partial charge in [0.25, 0.3) is 0 Å². The van der Waals surface area contributed by atoms with Crippen molar-refractivity contribution in [2.24, 2.45) is 5.92 Å². The number of piperidine rings is 1. The predicted molar refractivity (Wildman–Crippen MR) is 77.6 cm³/mol. The molecule has 19 heavy (non-hydrogen) atoms. The first-order valence-corrected chi connectivity index (χ1v) is 7.39. The van der Waals surface area contributed by atoms with Crippen molar-refractivity contribution >= 4 is 27.7 Å². The lowest BCUT2D eigenvalue weighted by molar-refractivity contribution is 0.112. The fourth-order valence-corrected chi connectivity index (χ4v) is 3.06. The number of nitrogens with zero attached hydrogens (tertiary/aromatic N) is 2. The van der Waals surface area contributed by atoms with Crippen molar-refractivity contribution in [2.45, 2.75) is 19.3 Å². The fourth-order valence-electron chi connectivity index (χ4n) is 2.72. The average Bonchev–Trinajstić information content (AvgIpc) is 2.77. The highest BCUT2D eigenvalue weighted by molar-refractivity contribution is 9.10. The van der Waals surface area contributed by atoms with Gasteiger partial charge < -0.3 is 9.72 Å². The highest BCUT2D eigenvalue weighted by atomic mass is 79.9. The van der Waals surface area contributed by atoms with E-state index in [0.29, 0.717) is 11.6 Å². The number of fused-ring (bicyclic) bond motifs is 1. The molecular formula is C14H16BrN3O. The van der Waals surface area contributed by atoms with E-state index in [9.17, 15) is 4.79 Å². The third kappa shape index (κ3) is 2.58. The minimum atomic E-state index is 0.533. The molecule has 1 aliphatic rings. The smallest absolute Gasteiger partial charge is 0.170 e. The Morgan fingerprint density at radius 1 is 1.47 bits per heavy atom. The lowest BCUT2D eigenvalue weighted by Crippen LogP contribution is -2.29. The van der Waals surface area contributed by atoms with Crippen molar-refractivity contribution < 1.29 is 4.79 Å². The molecule has 4 nitrogen and oxygen atoms in total. The largest absolute Gasteiger partial charge is 0.317 e. The highest BCUT2D eigenvalue weighted by Gasteiger charge is 2.18. The number of carbonyl (C=O) groups is 1. The zero-order valence-corrected chi connectivity index (χ0v) is 12.2. The first kappa shape index (κ1) is 12.8. The molecule has 1 aliphatic heterocycles. The van der Waals surface area contributed by atoms with Gasteiger partial charge in [-0.1, -0.05) is 15.9 Å². The van der Waals surface area contributed by atoms with Crippen LogP contribution in [0.15, 0.2) is 22.8 Å².